The lowest BCUT2D eigenvalue weighted by molar-refractivity contribution is -0.130. The summed E-state index contributed by atoms with van der Waals surface area (Å²) in [7, 11) is -4.15. The highest BCUT2D eigenvalue weighted by Crippen LogP contribution is 2.21. The third-order valence-electron chi connectivity index (χ3n) is 3.39. The molecule has 1 heterocycles. The van der Waals surface area contributed by atoms with Crippen molar-refractivity contribution in [3.05, 3.63) is 24.0 Å². The molecular formula is C13H18FN3O3S. The van der Waals surface area contributed by atoms with Crippen molar-refractivity contribution in [3.8, 4) is 0 Å². The Hall–Kier alpha value is -1.67. The number of hydrogen-bond acceptors (Lipinski definition) is 4. The molecule has 0 aliphatic carbocycles. The first-order chi connectivity index (χ1) is 9.92. The van der Waals surface area contributed by atoms with Gasteiger partial charge in [0.05, 0.1) is 12.2 Å². The molecule has 2 rings (SSSR count). The average molecular weight is 315 g/mol. The predicted molar refractivity (Wildman–Crippen MR) is 76.4 cm³/mol. The summed E-state index contributed by atoms with van der Waals surface area (Å²) in [4.78, 5) is 12.9. The second-order valence-electron chi connectivity index (χ2n) is 4.92. The second kappa shape index (κ2) is 6.40. The molecule has 21 heavy (non-hydrogen) atoms. The Morgan fingerprint density at radius 2 is 1.95 bits per heavy atom. The minimum absolute atomic E-state index is 0.187. The molecular weight excluding hydrogens is 297 g/mol. The molecule has 8 heteroatoms. The Morgan fingerprint density at radius 3 is 2.57 bits per heavy atom. The second-order valence-corrected chi connectivity index (χ2v) is 6.63. The highest BCUT2D eigenvalue weighted by atomic mass is 32.2. The number of nitrogens with zero attached hydrogens (tertiary/aromatic N) is 1. The molecule has 0 saturated carbocycles. The zero-order valence-corrected chi connectivity index (χ0v) is 12.3. The molecule has 0 radical (unpaired) electrons. The predicted octanol–water partition coefficient (Wildman–Crippen LogP) is 0.699. The third-order valence-corrected chi connectivity index (χ3v) is 4.88. The van der Waals surface area contributed by atoms with Gasteiger partial charge < -0.3 is 10.6 Å². The molecule has 0 atom stereocenters. The molecule has 116 valence electrons. The topological polar surface area (TPSA) is 92.5 Å². The van der Waals surface area contributed by atoms with Crippen molar-refractivity contribution in [2.24, 2.45) is 0 Å². The van der Waals surface area contributed by atoms with Gasteiger partial charge in [-0.15, -0.1) is 0 Å². The van der Waals surface area contributed by atoms with Crippen LogP contribution < -0.4 is 10.5 Å². The standard InChI is InChI=1S/C13H18FN3O3S/c14-10-5-4-6-11(15)13(10)21(19,20)16-9-12(18)17-7-2-1-3-8-17/h4-6,16H,1-3,7-9,15H2. The van der Waals surface area contributed by atoms with Gasteiger partial charge in [-0.1, -0.05) is 6.07 Å². The normalized spacial score (nSPS) is 16.0. The first-order valence-corrected chi connectivity index (χ1v) is 8.21. The lowest BCUT2D eigenvalue weighted by Crippen LogP contribution is -2.42. The number of nitrogen functional groups attached to an aromatic ring is 1. The van der Waals surface area contributed by atoms with Crippen LogP contribution in [-0.4, -0.2) is 38.9 Å². The highest BCUT2D eigenvalue weighted by Gasteiger charge is 2.24. The number of benzene rings is 1. The van der Waals surface area contributed by atoms with E-state index in [9.17, 15) is 17.6 Å². The summed E-state index contributed by atoms with van der Waals surface area (Å²) in [6.45, 7) is 0.862. The smallest absolute Gasteiger partial charge is 0.246 e. The van der Waals surface area contributed by atoms with Crippen LogP contribution in [0, 0.1) is 5.82 Å². The fourth-order valence-corrected chi connectivity index (χ4v) is 3.45. The fraction of sp³-hybridized carbons (Fsp3) is 0.462. The van der Waals surface area contributed by atoms with Crippen molar-refractivity contribution < 1.29 is 17.6 Å². The number of anilines is 1. The summed E-state index contributed by atoms with van der Waals surface area (Å²) in [5.41, 5.74) is 5.32. The Labute approximate surface area is 123 Å². The van der Waals surface area contributed by atoms with Crippen LogP contribution in [-0.2, 0) is 14.8 Å². The number of carbonyl (C=O) groups is 1. The monoisotopic (exact) mass is 315 g/mol. The zero-order valence-electron chi connectivity index (χ0n) is 11.5. The quantitative estimate of drug-likeness (QED) is 0.800. The van der Waals surface area contributed by atoms with Crippen LogP contribution in [0.25, 0.3) is 0 Å². The van der Waals surface area contributed by atoms with E-state index < -0.39 is 27.3 Å². The van der Waals surface area contributed by atoms with Crippen LogP contribution in [0.5, 0.6) is 0 Å². The van der Waals surface area contributed by atoms with E-state index in [0.717, 1.165) is 25.3 Å². The zero-order chi connectivity index (χ0) is 15.5. The maximum absolute atomic E-state index is 13.6. The number of hydrogen-bond donors (Lipinski definition) is 2. The van der Waals surface area contributed by atoms with E-state index in [2.05, 4.69) is 4.72 Å². The molecule has 1 saturated heterocycles. The fourth-order valence-electron chi connectivity index (χ4n) is 2.29. The first-order valence-electron chi connectivity index (χ1n) is 6.73. The van der Waals surface area contributed by atoms with Crippen molar-refractivity contribution in [1.82, 2.24) is 9.62 Å². The van der Waals surface area contributed by atoms with E-state index >= 15 is 0 Å². The van der Waals surface area contributed by atoms with Crippen LogP contribution in [0.3, 0.4) is 0 Å². The molecule has 0 aromatic heterocycles. The molecule has 0 bridgehead atoms. The molecule has 0 spiro atoms. The number of nitrogens with two attached hydrogens (primary N) is 1. The summed E-state index contributed by atoms with van der Waals surface area (Å²) >= 11 is 0. The summed E-state index contributed by atoms with van der Waals surface area (Å²) in [5, 5.41) is 0. The first kappa shape index (κ1) is 15.7. The van der Waals surface area contributed by atoms with Crippen molar-refractivity contribution in [2.45, 2.75) is 24.2 Å². The average Bonchev–Trinajstić information content (AvgIpc) is 2.45. The van der Waals surface area contributed by atoms with Gasteiger partial charge in [0, 0.05) is 13.1 Å². The van der Waals surface area contributed by atoms with Crippen LogP contribution >= 0.6 is 0 Å². The van der Waals surface area contributed by atoms with Gasteiger partial charge >= 0.3 is 0 Å². The van der Waals surface area contributed by atoms with Gasteiger partial charge in [0.25, 0.3) is 0 Å². The summed E-state index contributed by atoms with van der Waals surface area (Å²) in [6, 6.07) is 3.63. The number of nitrogens with one attached hydrogen (secondary N) is 1. The number of likely N-dealkylation sites (tertiary alicyclic amines) is 1. The minimum Gasteiger partial charge on any atom is -0.398 e. The summed E-state index contributed by atoms with van der Waals surface area (Å²) in [5.74, 6) is -1.25. The number of rotatable bonds is 4. The van der Waals surface area contributed by atoms with Crippen LogP contribution in [0.4, 0.5) is 10.1 Å². The Bertz CT molecular complexity index is 607. The number of piperidine rings is 1. The number of amides is 1. The molecule has 3 N–H and O–H groups in total. The van der Waals surface area contributed by atoms with Crippen molar-refractivity contribution in [3.63, 3.8) is 0 Å². The van der Waals surface area contributed by atoms with Gasteiger partial charge in [0.1, 0.15) is 10.7 Å². The number of halogens is 1. The maximum Gasteiger partial charge on any atom is 0.246 e. The van der Waals surface area contributed by atoms with E-state index in [1.54, 1.807) is 4.90 Å². The van der Waals surface area contributed by atoms with E-state index in [4.69, 9.17) is 5.73 Å². The van der Waals surface area contributed by atoms with Crippen LogP contribution in [0.15, 0.2) is 23.1 Å². The van der Waals surface area contributed by atoms with Gasteiger partial charge in [0.2, 0.25) is 15.9 Å². The van der Waals surface area contributed by atoms with E-state index in [1.165, 1.54) is 12.1 Å². The molecule has 6 nitrogen and oxygen atoms in total. The van der Waals surface area contributed by atoms with Gasteiger partial charge in [-0.2, -0.15) is 0 Å². The Balaban J connectivity index is 2.06. The van der Waals surface area contributed by atoms with Crippen molar-refractivity contribution in [1.29, 1.82) is 0 Å². The SMILES string of the molecule is Nc1cccc(F)c1S(=O)(=O)NCC(=O)N1CCCCC1. The van der Waals surface area contributed by atoms with Crippen LogP contribution in [0.1, 0.15) is 19.3 Å². The molecule has 1 aliphatic heterocycles. The van der Waals surface area contributed by atoms with Crippen molar-refractivity contribution >= 4 is 21.6 Å². The Kier molecular flexibility index (Phi) is 4.79. The maximum atomic E-state index is 13.6. The molecule has 1 aromatic carbocycles. The summed E-state index contributed by atoms with van der Waals surface area (Å²) < 4.78 is 39.9. The molecule has 0 unspecified atom stereocenters. The largest absolute Gasteiger partial charge is 0.398 e. The van der Waals surface area contributed by atoms with Crippen molar-refractivity contribution in [2.75, 3.05) is 25.4 Å². The Morgan fingerprint density at radius 1 is 1.29 bits per heavy atom. The van der Waals surface area contributed by atoms with Gasteiger partial charge in [0.15, 0.2) is 0 Å². The van der Waals surface area contributed by atoms with E-state index in [0.29, 0.717) is 13.1 Å². The third kappa shape index (κ3) is 3.70. The molecule has 1 aromatic rings. The highest BCUT2D eigenvalue weighted by molar-refractivity contribution is 7.89. The number of sulfonamides is 1. The molecule has 1 fully saturated rings. The number of carbonyl (C=O) groups excluding carboxylic acids is 1. The molecule has 1 amide bonds. The van der Waals surface area contributed by atoms with Gasteiger partial charge in [-0.3, -0.25) is 4.79 Å². The van der Waals surface area contributed by atoms with Crippen LogP contribution in [0.2, 0.25) is 0 Å². The van der Waals surface area contributed by atoms with Gasteiger partial charge in [-0.05, 0) is 31.4 Å². The lowest BCUT2D eigenvalue weighted by Gasteiger charge is -2.26. The van der Waals surface area contributed by atoms with E-state index in [-0.39, 0.29) is 11.6 Å². The lowest BCUT2D eigenvalue weighted by atomic mass is 10.1. The van der Waals surface area contributed by atoms with Gasteiger partial charge in [-0.25, -0.2) is 17.5 Å². The van der Waals surface area contributed by atoms with E-state index in [1.807, 2.05) is 0 Å². The molecule has 1 aliphatic rings. The minimum atomic E-state index is -4.15. The summed E-state index contributed by atoms with van der Waals surface area (Å²) in [6.07, 6.45) is 2.90.